The van der Waals surface area contributed by atoms with Crippen molar-refractivity contribution in [3.8, 4) is 0 Å². The monoisotopic (exact) mass is 509 g/mol. The van der Waals surface area contributed by atoms with Crippen LogP contribution in [-0.2, 0) is 9.59 Å². The van der Waals surface area contributed by atoms with Gasteiger partial charge < -0.3 is 4.90 Å². The number of hydrogen-bond donors (Lipinski definition) is 0. The number of amides is 2. The molecule has 2 amide bonds. The molecule has 3 fully saturated rings. The molecule has 0 unspecified atom stereocenters. The molecule has 3 aliphatic rings. The first-order chi connectivity index (χ1) is 17.9. The fourth-order valence-electron chi connectivity index (χ4n) is 6.52. The molecule has 0 radical (unpaired) electrons. The molecule has 1 aliphatic carbocycles. The normalized spacial score (nSPS) is 20.9. The van der Waals surface area contributed by atoms with Gasteiger partial charge in [0.2, 0.25) is 11.8 Å². The fourth-order valence-corrected chi connectivity index (χ4v) is 6.52. The van der Waals surface area contributed by atoms with Crippen LogP contribution in [0, 0.1) is 17.0 Å². The number of carbonyl (C=O) groups excluding carboxylic acids is 2. The van der Waals surface area contributed by atoms with Crippen LogP contribution in [0.2, 0.25) is 0 Å². The third-order valence-corrected chi connectivity index (χ3v) is 8.57. The maximum atomic E-state index is 13.6. The molecule has 1 saturated carbocycles. The van der Waals surface area contributed by atoms with Gasteiger partial charge in [0, 0.05) is 45.6 Å². The van der Waals surface area contributed by atoms with Gasteiger partial charge >= 0.3 is 0 Å². The molecule has 0 N–H and O–H groups in total. The Morgan fingerprint density at radius 3 is 1.70 bits per heavy atom. The van der Waals surface area contributed by atoms with E-state index in [2.05, 4.69) is 9.80 Å². The van der Waals surface area contributed by atoms with Crippen molar-refractivity contribution in [1.29, 1.82) is 0 Å². The summed E-state index contributed by atoms with van der Waals surface area (Å²) in [6, 6.07) is 13.1. The number of benzene rings is 2. The lowest BCUT2D eigenvalue weighted by Gasteiger charge is -2.40. The van der Waals surface area contributed by atoms with Gasteiger partial charge in [0.25, 0.3) is 0 Å². The van der Waals surface area contributed by atoms with E-state index in [-0.39, 0.29) is 34.9 Å². The summed E-state index contributed by atoms with van der Waals surface area (Å²) in [5, 5.41) is 0. The molecule has 7 heteroatoms. The Balaban J connectivity index is 1.11. The Labute approximate surface area is 218 Å². The topological polar surface area (TPSA) is 43.9 Å². The van der Waals surface area contributed by atoms with Crippen molar-refractivity contribution in [3.63, 3.8) is 0 Å². The molecule has 2 aromatic carbocycles. The number of nitrogens with zero attached hydrogens (tertiary/aromatic N) is 3. The van der Waals surface area contributed by atoms with Gasteiger partial charge in [0.05, 0.1) is 6.04 Å². The molecule has 37 heavy (non-hydrogen) atoms. The van der Waals surface area contributed by atoms with Crippen LogP contribution >= 0.6 is 0 Å². The van der Waals surface area contributed by atoms with E-state index in [4.69, 9.17) is 0 Å². The van der Waals surface area contributed by atoms with Crippen LogP contribution in [0.15, 0.2) is 48.5 Å². The lowest BCUT2D eigenvalue weighted by Crippen LogP contribution is -2.48. The number of halogens is 2. The van der Waals surface area contributed by atoms with Crippen LogP contribution in [0.3, 0.4) is 0 Å². The van der Waals surface area contributed by atoms with E-state index in [1.165, 1.54) is 29.2 Å². The molecule has 0 bridgehead atoms. The lowest BCUT2D eigenvalue weighted by atomic mass is 9.76. The van der Waals surface area contributed by atoms with Crippen LogP contribution in [-0.4, -0.2) is 65.8 Å². The van der Waals surface area contributed by atoms with Crippen LogP contribution in [0.1, 0.15) is 68.5 Å². The highest BCUT2D eigenvalue weighted by molar-refractivity contribution is 5.98. The van der Waals surface area contributed by atoms with Gasteiger partial charge in [-0.25, -0.2) is 8.78 Å². The molecule has 1 spiro atoms. The second-order valence-electron chi connectivity index (χ2n) is 11.1. The standard InChI is InChI=1S/C30H37F2N3O2/c31-25-9-5-23(6-10-25)29(24-7-11-26(32)12-8-24)34-19-17-33(18-20-34)15-3-4-16-35-27(36)21-30(22-28(35)37)13-1-2-14-30/h5-12,29H,1-4,13-22H2. The first-order valence-electron chi connectivity index (χ1n) is 13.7. The summed E-state index contributed by atoms with van der Waals surface area (Å²) in [4.78, 5) is 31.7. The van der Waals surface area contributed by atoms with Crippen LogP contribution in [0.5, 0.6) is 0 Å². The molecule has 5 nitrogen and oxygen atoms in total. The summed E-state index contributed by atoms with van der Waals surface area (Å²) in [7, 11) is 0. The molecular weight excluding hydrogens is 472 g/mol. The van der Waals surface area contributed by atoms with Crippen molar-refractivity contribution in [2.24, 2.45) is 5.41 Å². The molecule has 2 heterocycles. The number of piperazine rings is 1. The minimum Gasteiger partial charge on any atom is -0.301 e. The Hall–Kier alpha value is -2.64. The smallest absolute Gasteiger partial charge is 0.229 e. The highest BCUT2D eigenvalue weighted by Crippen LogP contribution is 2.46. The predicted octanol–water partition coefficient (Wildman–Crippen LogP) is 5.16. The first kappa shape index (κ1) is 26.0. The molecule has 2 saturated heterocycles. The Kier molecular flexibility index (Phi) is 8.01. The average Bonchev–Trinajstić information content (AvgIpc) is 3.33. The van der Waals surface area contributed by atoms with Crippen LogP contribution < -0.4 is 0 Å². The zero-order valence-corrected chi connectivity index (χ0v) is 21.5. The summed E-state index contributed by atoms with van der Waals surface area (Å²) >= 11 is 0. The molecular formula is C30H37F2N3O2. The number of piperidine rings is 1. The van der Waals surface area contributed by atoms with Crippen LogP contribution in [0.25, 0.3) is 0 Å². The quantitative estimate of drug-likeness (QED) is 0.364. The van der Waals surface area contributed by atoms with E-state index in [0.717, 1.165) is 82.4 Å². The van der Waals surface area contributed by atoms with Gasteiger partial charge in [-0.1, -0.05) is 37.1 Å². The highest BCUT2D eigenvalue weighted by atomic mass is 19.1. The maximum Gasteiger partial charge on any atom is 0.229 e. The summed E-state index contributed by atoms with van der Waals surface area (Å²) < 4.78 is 27.1. The number of likely N-dealkylation sites (tertiary alicyclic amines) is 1. The van der Waals surface area contributed by atoms with Crippen molar-refractivity contribution < 1.29 is 18.4 Å². The fraction of sp³-hybridized carbons (Fsp3) is 0.533. The van der Waals surface area contributed by atoms with Crippen molar-refractivity contribution in [2.75, 3.05) is 39.3 Å². The van der Waals surface area contributed by atoms with Gasteiger partial charge in [-0.15, -0.1) is 0 Å². The van der Waals surface area contributed by atoms with Gasteiger partial charge in [0.15, 0.2) is 0 Å². The number of hydrogen-bond acceptors (Lipinski definition) is 4. The lowest BCUT2D eigenvalue weighted by molar-refractivity contribution is -0.153. The third-order valence-electron chi connectivity index (χ3n) is 8.57. The Morgan fingerprint density at radius 2 is 1.19 bits per heavy atom. The minimum atomic E-state index is -0.266. The molecule has 5 rings (SSSR count). The SMILES string of the molecule is O=C1CC2(CCCC2)CC(=O)N1CCCCN1CCN(C(c2ccc(F)cc2)c2ccc(F)cc2)CC1. The summed E-state index contributed by atoms with van der Waals surface area (Å²) in [6.45, 7) is 4.98. The molecule has 198 valence electrons. The number of rotatable bonds is 8. The van der Waals surface area contributed by atoms with Crippen LogP contribution in [0.4, 0.5) is 8.78 Å². The minimum absolute atomic E-state index is 0.0272. The second kappa shape index (κ2) is 11.4. The molecule has 0 atom stereocenters. The number of unbranched alkanes of at least 4 members (excludes halogenated alkanes) is 1. The van der Waals surface area contributed by atoms with Gasteiger partial charge in [-0.05, 0) is 73.0 Å². The molecule has 2 aromatic rings. The van der Waals surface area contributed by atoms with Crippen molar-refractivity contribution in [2.45, 2.75) is 57.4 Å². The van der Waals surface area contributed by atoms with E-state index in [1.54, 1.807) is 0 Å². The first-order valence-corrected chi connectivity index (χ1v) is 13.7. The summed E-state index contributed by atoms with van der Waals surface area (Å²) in [6.07, 6.45) is 7.19. The highest BCUT2D eigenvalue weighted by Gasteiger charge is 2.44. The van der Waals surface area contributed by atoms with E-state index in [9.17, 15) is 18.4 Å². The Bertz CT molecular complexity index is 1010. The van der Waals surface area contributed by atoms with Crippen molar-refractivity contribution in [1.82, 2.24) is 14.7 Å². The van der Waals surface area contributed by atoms with Gasteiger partial charge in [-0.2, -0.15) is 0 Å². The zero-order valence-electron chi connectivity index (χ0n) is 21.5. The van der Waals surface area contributed by atoms with Gasteiger partial charge in [0.1, 0.15) is 11.6 Å². The molecule has 0 aromatic heterocycles. The summed E-state index contributed by atoms with van der Waals surface area (Å²) in [5.74, 6) is -0.478. The largest absolute Gasteiger partial charge is 0.301 e. The Morgan fingerprint density at radius 1 is 0.703 bits per heavy atom. The second-order valence-corrected chi connectivity index (χ2v) is 11.1. The third kappa shape index (κ3) is 6.10. The van der Waals surface area contributed by atoms with E-state index < -0.39 is 0 Å². The number of carbonyl (C=O) groups is 2. The van der Waals surface area contributed by atoms with E-state index >= 15 is 0 Å². The summed E-state index contributed by atoms with van der Waals surface area (Å²) in [5.41, 5.74) is 1.96. The number of imide groups is 1. The van der Waals surface area contributed by atoms with E-state index in [1.807, 2.05) is 24.3 Å². The van der Waals surface area contributed by atoms with E-state index in [0.29, 0.717) is 19.4 Å². The predicted molar refractivity (Wildman–Crippen MR) is 139 cm³/mol. The molecule has 2 aliphatic heterocycles. The van der Waals surface area contributed by atoms with Crippen molar-refractivity contribution in [3.05, 3.63) is 71.3 Å². The van der Waals surface area contributed by atoms with Gasteiger partial charge in [-0.3, -0.25) is 19.4 Å². The zero-order chi connectivity index (χ0) is 25.8. The average molecular weight is 510 g/mol. The maximum absolute atomic E-state index is 13.6. The van der Waals surface area contributed by atoms with Crippen molar-refractivity contribution >= 4 is 11.8 Å².